The van der Waals surface area contributed by atoms with Crippen molar-refractivity contribution in [3.63, 3.8) is 0 Å². The van der Waals surface area contributed by atoms with E-state index >= 15 is 0 Å². The monoisotopic (exact) mass is 238 g/mol. The van der Waals surface area contributed by atoms with Crippen LogP contribution in [0.4, 0.5) is 0 Å². The number of hydrogen-bond donors (Lipinski definition) is 1. The van der Waals surface area contributed by atoms with Crippen LogP contribution >= 0.6 is 12.2 Å². The third-order valence-corrected chi connectivity index (χ3v) is 2.50. The van der Waals surface area contributed by atoms with Crippen molar-refractivity contribution in [1.29, 1.82) is 0 Å². The minimum Gasteiger partial charge on any atom is -0.497 e. The summed E-state index contributed by atoms with van der Waals surface area (Å²) in [5.41, 5.74) is 6.48. The molecule has 1 amide bonds. The summed E-state index contributed by atoms with van der Waals surface area (Å²) >= 11 is 4.95. The van der Waals surface area contributed by atoms with Gasteiger partial charge in [-0.05, 0) is 17.7 Å². The first kappa shape index (κ1) is 12.4. The number of amides is 1. The number of ether oxygens (including phenoxy) is 1. The number of methoxy groups -OCH3 is 1. The van der Waals surface area contributed by atoms with Crippen molar-refractivity contribution in [3.05, 3.63) is 29.8 Å². The highest BCUT2D eigenvalue weighted by molar-refractivity contribution is 7.80. The molecule has 2 N–H and O–H groups in total. The lowest BCUT2D eigenvalue weighted by atomic mass is 10.1. The van der Waals surface area contributed by atoms with Crippen LogP contribution in [0.3, 0.4) is 0 Å². The average Bonchev–Trinajstić information content (AvgIpc) is 2.29. The van der Waals surface area contributed by atoms with Gasteiger partial charge in [-0.25, -0.2) is 0 Å². The Morgan fingerprint density at radius 3 is 2.44 bits per heavy atom. The van der Waals surface area contributed by atoms with Crippen molar-refractivity contribution < 1.29 is 9.53 Å². The highest BCUT2D eigenvalue weighted by Crippen LogP contribution is 2.21. The van der Waals surface area contributed by atoms with E-state index in [1.165, 1.54) is 4.90 Å². The quantitative estimate of drug-likeness (QED) is 0.616. The van der Waals surface area contributed by atoms with Gasteiger partial charge in [0, 0.05) is 7.05 Å². The number of hydrogen-bond acceptors (Lipinski definition) is 3. The molecule has 1 rings (SSSR count). The van der Waals surface area contributed by atoms with Gasteiger partial charge in [-0.1, -0.05) is 24.4 Å². The van der Waals surface area contributed by atoms with Crippen LogP contribution in [0, 0.1) is 0 Å². The molecule has 0 spiro atoms. The molecule has 1 unspecified atom stereocenters. The Hall–Kier alpha value is -1.62. The molecule has 0 fully saturated rings. The second-order valence-corrected chi connectivity index (χ2v) is 3.82. The Morgan fingerprint density at radius 1 is 1.50 bits per heavy atom. The third-order valence-electron chi connectivity index (χ3n) is 2.27. The maximum Gasteiger partial charge on any atom is 0.210 e. The fourth-order valence-electron chi connectivity index (χ4n) is 1.45. The van der Waals surface area contributed by atoms with Gasteiger partial charge in [-0.2, -0.15) is 0 Å². The lowest BCUT2D eigenvalue weighted by Gasteiger charge is -2.23. The molecule has 1 aromatic carbocycles. The van der Waals surface area contributed by atoms with Crippen LogP contribution < -0.4 is 10.5 Å². The summed E-state index contributed by atoms with van der Waals surface area (Å²) < 4.78 is 5.05. The number of thiocarbonyl (C=S) groups is 1. The van der Waals surface area contributed by atoms with Gasteiger partial charge in [0.25, 0.3) is 0 Å². The van der Waals surface area contributed by atoms with Crippen LogP contribution in [-0.2, 0) is 4.79 Å². The van der Waals surface area contributed by atoms with Crippen LogP contribution in [0.25, 0.3) is 0 Å². The van der Waals surface area contributed by atoms with E-state index in [0.717, 1.165) is 11.3 Å². The molecule has 0 heterocycles. The molecule has 1 atom stereocenters. The Balaban J connectivity index is 3.01. The average molecular weight is 238 g/mol. The number of nitrogens with zero attached hydrogens (tertiary/aromatic N) is 1. The Labute approximate surface area is 100.0 Å². The van der Waals surface area contributed by atoms with Crippen molar-refractivity contribution in [2.24, 2.45) is 5.73 Å². The van der Waals surface area contributed by atoms with Gasteiger partial charge in [0.15, 0.2) is 0 Å². The Kier molecular flexibility index (Phi) is 4.25. The van der Waals surface area contributed by atoms with Crippen molar-refractivity contribution in [1.82, 2.24) is 4.90 Å². The first-order valence-electron chi connectivity index (χ1n) is 4.70. The van der Waals surface area contributed by atoms with Crippen molar-refractivity contribution in [3.8, 4) is 5.75 Å². The molecule has 0 aromatic heterocycles. The van der Waals surface area contributed by atoms with Crippen molar-refractivity contribution in [2.75, 3.05) is 14.2 Å². The van der Waals surface area contributed by atoms with Gasteiger partial charge in [0.05, 0.1) is 7.11 Å². The standard InChI is InChI=1S/C11H14N2O2S/c1-13(7-14)10(11(12)16)8-3-5-9(15-2)6-4-8/h3-7,10H,1-2H3,(H2,12,16). The van der Waals surface area contributed by atoms with Crippen molar-refractivity contribution in [2.45, 2.75) is 6.04 Å². The molecule has 0 aliphatic heterocycles. The maximum atomic E-state index is 10.7. The number of nitrogens with two attached hydrogens (primary N) is 1. The molecule has 1 aromatic rings. The summed E-state index contributed by atoms with van der Waals surface area (Å²) in [5, 5.41) is 0. The van der Waals surface area contributed by atoms with Crippen LogP contribution in [0.1, 0.15) is 11.6 Å². The molecule has 0 aliphatic rings. The van der Waals surface area contributed by atoms with Gasteiger partial charge in [0.2, 0.25) is 6.41 Å². The van der Waals surface area contributed by atoms with Gasteiger partial charge in [0.1, 0.15) is 16.8 Å². The Bertz CT molecular complexity index is 378. The molecule has 86 valence electrons. The van der Waals surface area contributed by atoms with E-state index in [9.17, 15) is 4.79 Å². The van der Waals surface area contributed by atoms with E-state index < -0.39 is 0 Å². The van der Waals surface area contributed by atoms with Crippen LogP contribution in [0.2, 0.25) is 0 Å². The predicted molar refractivity (Wildman–Crippen MR) is 66.3 cm³/mol. The molecule has 0 aliphatic carbocycles. The molecule has 16 heavy (non-hydrogen) atoms. The lowest BCUT2D eigenvalue weighted by Crippen LogP contribution is -2.33. The molecule has 4 nitrogen and oxygen atoms in total. The van der Waals surface area contributed by atoms with Gasteiger partial charge < -0.3 is 15.4 Å². The smallest absolute Gasteiger partial charge is 0.210 e. The first-order chi connectivity index (χ1) is 7.60. The van der Waals surface area contributed by atoms with E-state index in [4.69, 9.17) is 22.7 Å². The predicted octanol–water partition coefficient (Wildman–Crippen LogP) is 1.11. The van der Waals surface area contributed by atoms with Crippen LogP contribution in [0.5, 0.6) is 5.75 Å². The van der Waals surface area contributed by atoms with Crippen LogP contribution in [-0.4, -0.2) is 30.5 Å². The maximum absolute atomic E-state index is 10.7. The summed E-state index contributed by atoms with van der Waals surface area (Å²) in [4.78, 5) is 12.4. The number of likely N-dealkylation sites (N-methyl/N-ethyl adjacent to an activating group) is 1. The normalized spacial score (nSPS) is 11.6. The lowest BCUT2D eigenvalue weighted by molar-refractivity contribution is -0.117. The van der Waals surface area contributed by atoms with Gasteiger partial charge >= 0.3 is 0 Å². The highest BCUT2D eigenvalue weighted by Gasteiger charge is 2.18. The number of carbonyl (C=O) groups is 1. The minimum atomic E-state index is -0.376. The largest absolute Gasteiger partial charge is 0.497 e. The van der Waals surface area contributed by atoms with E-state index in [1.807, 2.05) is 12.1 Å². The van der Waals surface area contributed by atoms with E-state index in [-0.39, 0.29) is 11.0 Å². The molecule has 5 heteroatoms. The number of rotatable bonds is 5. The summed E-state index contributed by atoms with van der Waals surface area (Å²) in [6.07, 6.45) is 0.702. The fraction of sp³-hybridized carbons (Fsp3) is 0.273. The first-order valence-corrected chi connectivity index (χ1v) is 5.11. The topological polar surface area (TPSA) is 55.6 Å². The van der Waals surface area contributed by atoms with Gasteiger partial charge in [-0.3, -0.25) is 4.79 Å². The second kappa shape index (κ2) is 5.46. The van der Waals surface area contributed by atoms with Crippen molar-refractivity contribution >= 4 is 23.6 Å². The molecule has 0 bridgehead atoms. The summed E-state index contributed by atoms with van der Waals surface area (Å²) in [6, 6.07) is 6.91. The SMILES string of the molecule is COc1ccc(C(C(N)=S)N(C)C=O)cc1. The number of carbonyl (C=O) groups excluding carboxylic acids is 1. The van der Waals surface area contributed by atoms with Gasteiger partial charge in [-0.15, -0.1) is 0 Å². The summed E-state index contributed by atoms with van der Waals surface area (Å²) in [6.45, 7) is 0. The molecular weight excluding hydrogens is 224 g/mol. The zero-order valence-corrected chi connectivity index (χ0v) is 10.0. The molecule has 0 radical (unpaired) electrons. The van der Waals surface area contributed by atoms with E-state index in [0.29, 0.717) is 6.41 Å². The highest BCUT2D eigenvalue weighted by atomic mass is 32.1. The fourth-order valence-corrected chi connectivity index (χ4v) is 1.75. The minimum absolute atomic E-state index is 0.264. The summed E-state index contributed by atoms with van der Waals surface area (Å²) in [7, 11) is 3.23. The zero-order chi connectivity index (χ0) is 12.1. The molecular formula is C11H14N2O2S. The zero-order valence-electron chi connectivity index (χ0n) is 9.21. The number of benzene rings is 1. The van der Waals surface area contributed by atoms with Crippen LogP contribution in [0.15, 0.2) is 24.3 Å². The van der Waals surface area contributed by atoms with E-state index in [1.54, 1.807) is 26.3 Å². The second-order valence-electron chi connectivity index (χ2n) is 3.35. The Morgan fingerprint density at radius 2 is 2.06 bits per heavy atom. The molecule has 0 saturated carbocycles. The van der Waals surface area contributed by atoms with E-state index in [2.05, 4.69) is 0 Å². The summed E-state index contributed by atoms with van der Waals surface area (Å²) in [5.74, 6) is 0.749. The third kappa shape index (κ3) is 2.70. The molecule has 0 saturated heterocycles.